The molecule has 1 fully saturated rings. The lowest BCUT2D eigenvalue weighted by Crippen LogP contribution is -2.46. The maximum atomic E-state index is 3.52. The Labute approximate surface area is 114 Å². The fourth-order valence-electron chi connectivity index (χ4n) is 2.48. The van der Waals surface area contributed by atoms with Crippen molar-refractivity contribution in [2.45, 2.75) is 40.0 Å². The molecule has 0 amide bonds. The van der Waals surface area contributed by atoms with Crippen molar-refractivity contribution in [2.24, 2.45) is 5.92 Å². The average molecular weight is 255 g/mol. The van der Waals surface area contributed by atoms with Crippen LogP contribution in [-0.4, -0.2) is 62.2 Å². The molecule has 108 valence electrons. The average Bonchev–Trinajstić information content (AvgIpc) is 2.38. The van der Waals surface area contributed by atoms with E-state index in [1.807, 2.05) is 0 Å². The summed E-state index contributed by atoms with van der Waals surface area (Å²) in [4.78, 5) is 5.18. The Morgan fingerprint density at radius 1 is 0.944 bits per heavy atom. The summed E-state index contributed by atoms with van der Waals surface area (Å²) in [6.45, 7) is 16.8. The summed E-state index contributed by atoms with van der Waals surface area (Å²) in [5.74, 6) is 0.778. The minimum atomic E-state index is 0.778. The SMILES string of the molecule is CCN1CCN(CCCCCNCC(C)C)CC1. The van der Waals surface area contributed by atoms with Crippen LogP contribution in [0, 0.1) is 5.92 Å². The van der Waals surface area contributed by atoms with Crippen LogP contribution in [0.5, 0.6) is 0 Å². The van der Waals surface area contributed by atoms with Gasteiger partial charge in [-0.05, 0) is 44.9 Å². The Hall–Kier alpha value is -0.120. The van der Waals surface area contributed by atoms with Crippen LogP contribution < -0.4 is 5.32 Å². The van der Waals surface area contributed by atoms with E-state index in [9.17, 15) is 0 Å². The van der Waals surface area contributed by atoms with Crippen molar-refractivity contribution >= 4 is 0 Å². The van der Waals surface area contributed by atoms with Gasteiger partial charge in [-0.1, -0.05) is 27.2 Å². The first-order valence-electron chi connectivity index (χ1n) is 7.87. The molecule has 0 aromatic rings. The minimum Gasteiger partial charge on any atom is -0.316 e. The van der Waals surface area contributed by atoms with Crippen molar-refractivity contribution in [1.29, 1.82) is 0 Å². The Morgan fingerprint density at radius 2 is 1.61 bits per heavy atom. The lowest BCUT2D eigenvalue weighted by molar-refractivity contribution is 0.135. The number of hydrogen-bond acceptors (Lipinski definition) is 3. The Morgan fingerprint density at radius 3 is 2.22 bits per heavy atom. The summed E-state index contributed by atoms with van der Waals surface area (Å²) < 4.78 is 0. The van der Waals surface area contributed by atoms with E-state index >= 15 is 0 Å². The van der Waals surface area contributed by atoms with Gasteiger partial charge in [0.15, 0.2) is 0 Å². The molecule has 0 radical (unpaired) electrons. The number of hydrogen-bond donors (Lipinski definition) is 1. The van der Waals surface area contributed by atoms with Crippen molar-refractivity contribution in [3.8, 4) is 0 Å². The van der Waals surface area contributed by atoms with Crippen LogP contribution in [0.4, 0.5) is 0 Å². The molecule has 0 aromatic carbocycles. The topological polar surface area (TPSA) is 18.5 Å². The molecule has 0 atom stereocenters. The van der Waals surface area contributed by atoms with Gasteiger partial charge in [0.05, 0.1) is 0 Å². The molecule has 0 spiro atoms. The van der Waals surface area contributed by atoms with Crippen LogP contribution in [0.25, 0.3) is 0 Å². The summed E-state index contributed by atoms with van der Waals surface area (Å²) in [5.41, 5.74) is 0. The van der Waals surface area contributed by atoms with Gasteiger partial charge in [0.2, 0.25) is 0 Å². The highest BCUT2D eigenvalue weighted by Gasteiger charge is 2.14. The van der Waals surface area contributed by atoms with Crippen molar-refractivity contribution in [3.63, 3.8) is 0 Å². The lowest BCUT2D eigenvalue weighted by atomic mass is 10.2. The van der Waals surface area contributed by atoms with Crippen LogP contribution in [0.3, 0.4) is 0 Å². The van der Waals surface area contributed by atoms with Gasteiger partial charge in [0.1, 0.15) is 0 Å². The van der Waals surface area contributed by atoms with Gasteiger partial charge in [-0.15, -0.1) is 0 Å². The summed E-state index contributed by atoms with van der Waals surface area (Å²) in [6.07, 6.45) is 4.08. The number of rotatable bonds is 9. The van der Waals surface area contributed by atoms with E-state index in [1.165, 1.54) is 71.6 Å². The smallest absolute Gasteiger partial charge is 0.0110 e. The zero-order valence-corrected chi connectivity index (χ0v) is 12.7. The minimum absolute atomic E-state index is 0.778. The summed E-state index contributed by atoms with van der Waals surface area (Å²) in [7, 11) is 0. The van der Waals surface area contributed by atoms with Crippen LogP contribution in [0.15, 0.2) is 0 Å². The number of likely N-dealkylation sites (N-methyl/N-ethyl adjacent to an activating group) is 1. The maximum absolute atomic E-state index is 3.52. The molecule has 1 aliphatic heterocycles. The van der Waals surface area contributed by atoms with Crippen molar-refractivity contribution in [1.82, 2.24) is 15.1 Å². The van der Waals surface area contributed by atoms with E-state index in [0.717, 1.165) is 5.92 Å². The normalized spacial score (nSPS) is 18.7. The summed E-state index contributed by atoms with van der Waals surface area (Å²) >= 11 is 0. The van der Waals surface area contributed by atoms with Gasteiger partial charge in [0.25, 0.3) is 0 Å². The second-order valence-electron chi connectivity index (χ2n) is 5.93. The lowest BCUT2D eigenvalue weighted by Gasteiger charge is -2.33. The zero-order valence-electron chi connectivity index (χ0n) is 12.7. The quantitative estimate of drug-likeness (QED) is 0.636. The molecule has 18 heavy (non-hydrogen) atoms. The van der Waals surface area contributed by atoms with E-state index in [2.05, 4.69) is 35.9 Å². The van der Waals surface area contributed by atoms with Gasteiger partial charge < -0.3 is 15.1 Å². The molecular formula is C15H33N3. The van der Waals surface area contributed by atoms with E-state index in [-0.39, 0.29) is 0 Å². The van der Waals surface area contributed by atoms with Crippen molar-refractivity contribution < 1.29 is 0 Å². The Balaban J connectivity index is 1.86. The fraction of sp³-hybridized carbons (Fsp3) is 1.00. The van der Waals surface area contributed by atoms with E-state index in [4.69, 9.17) is 0 Å². The van der Waals surface area contributed by atoms with Crippen LogP contribution in [0.1, 0.15) is 40.0 Å². The second kappa shape index (κ2) is 9.76. The molecule has 3 nitrogen and oxygen atoms in total. The number of piperazine rings is 1. The molecular weight excluding hydrogens is 222 g/mol. The van der Waals surface area contributed by atoms with E-state index < -0.39 is 0 Å². The molecule has 1 rings (SSSR count). The molecule has 1 saturated heterocycles. The predicted molar refractivity (Wildman–Crippen MR) is 80.1 cm³/mol. The van der Waals surface area contributed by atoms with Gasteiger partial charge in [-0.3, -0.25) is 0 Å². The first-order valence-corrected chi connectivity index (χ1v) is 7.87. The van der Waals surface area contributed by atoms with Gasteiger partial charge >= 0.3 is 0 Å². The number of nitrogens with zero attached hydrogens (tertiary/aromatic N) is 2. The molecule has 0 saturated carbocycles. The van der Waals surface area contributed by atoms with E-state index in [1.54, 1.807) is 0 Å². The highest BCUT2D eigenvalue weighted by Crippen LogP contribution is 2.04. The first kappa shape index (κ1) is 15.9. The van der Waals surface area contributed by atoms with Crippen LogP contribution in [0.2, 0.25) is 0 Å². The molecule has 0 unspecified atom stereocenters. The molecule has 0 aromatic heterocycles. The zero-order chi connectivity index (χ0) is 13.2. The third-order valence-corrected chi connectivity index (χ3v) is 3.79. The highest BCUT2D eigenvalue weighted by molar-refractivity contribution is 4.70. The molecule has 1 heterocycles. The third kappa shape index (κ3) is 7.34. The Bertz CT molecular complexity index is 186. The summed E-state index contributed by atoms with van der Waals surface area (Å²) in [6, 6.07) is 0. The van der Waals surface area contributed by atoms with Gasteiger partial charge in [-0.25, -0.2) is 0 Å². The van der Waals surface area contributed by atoms with Crippen LogP contribution in [-0.2, 0) is 0 Å². The number of unbranched alkanes of at least 4 members (excludes halogenated alkanes) is 2. The van der Waals surface area contributed by atoms with Crippen LogP contribution >= 0.6 is 0 Å². The number of nitrogens with one attached hydrogen (secondary N) is 1. The fourth-order valence-corrected chi connectivity index (χ4v) is 2.48. The summed E-state index contributed by atoms with van der Waals surface area (Å²) in [5, 5.41) is 3.52. The molecule has 0 aliphatic carbocycles. The van der Waals surface area contributed by atoms with Crippen molar-refractivity contribution in [2.75, 3.05) is 52.4 Å². The predicted octanol–water partition coefficient (Wildman–Crippen LogP) is 2.04. The highest BCUT2D eigenvalue weighted by atomic mass is 15.3. The molecule has 3 heteroatoms. The largest absolute Gasteiger partial charge is 0.316 e. The third-order valence-electron chi connectivity index (χ3n) is 3.79. The molecule has 1 N–H and O–H groups in total. The van der Waals surface area contributed by atoms with Crippen molar-refractivity contribution in [3.05, 3.63) is 0 Å². The monoisotopic (exact) mass is 255 g/mol. The van der Waals surface area contributed by atoms with Gasteiger partial charge in [0, 0.05) is 26.2 Å². The molecule has 1 aliphatic rings. The van der Waals surface area contributed by atoms with Gasteiger partial charge in [-0.2, -0.15) is 0 Å². The molecule has 0 bridgehead atoms. The standard InChI is InChI=1S/C15H33N3/c1-4-17-10-12-18(13-11-17)9-7-5-6-8-16-14-15(2)3/h15-16H,4-14H2,1-3H3. The van der Waals surface area contributed by atoms with E-state index in [0.29, 0.717) is 0 Å². The second-order valence-corrected chi connectivity index (χ2v) is 5.93. The Kier molecular flexibility index (Phi) is 8.64. The maximum Gasteiger partial charge on any atom is 0.0110 e. The first-order chi connectivity index (χ1) is 8.72.